The second kappa shape index (κ2) is 6.02. The van der Waals surface area contributed by atoms with E-state index in [0.717, 1.165) is 21.5 Å². The fraction of sp³-hybridized carbons (Fsp3) is 0.429. The first-order chi connectivity index (χ1) is 9.10. The summed E-state index contributed by atoms with van der Waals surface area (Å²) in [6.07, 6.45) is 0. The van der Waals surface area contributed by atoms with Crippen molar-refractivity contribution in [2.45, 2.75) is 26.8 Å². The van der Waals surface area contributed by atoms with E-state index in [9.17, 15) is 0 Å². The Morgan fingerprint density at radius 3 is 2.37 bits per heavy atom. The molecule has 1 unspecified atom stereocenters. The largest absolute Gasteiger partial charge is 0.497 e. The van der Waals surface area contributed by atoms with E-state index in [-0.39, 0.29) is 0 Å². The molecule has 0 amide bonds. The number of nitrogens with zero attached hydrogens (tertiary/aromatic N) is 2. The maximum absolute atomic E-state index is 5.14. The van der Waals surface area contributed by atoms with Gasteiger partial charge in [0.25, 0.3) is 0 Å². The van der Waals surface area contributed by atoms with Crippen molar-refractivity contribution in [1.29, 1.82) is 0 Å². The topological polar surface area (TPSA) is 47.0 Å². The summed E-state index contributed by atoms with van der Waals surface area (Å²) in [5.41, 5.74) is 1.06. The number of ether oxygens (including phenoxy) is 1. The zero-order valence-electron chi connectivity index (χ0n) is 11.7. The monoisotopic (exact) mass is 277 g/mol. The van der Waals surface area contributed by atoms with Gasteiger partial charge in [0.1, 0.15) is 10.8 Å². The van der Waals surface area contributed by atoms with Crippen molar-refractivity contribution >= 4 is 16.5 Å². The lowest BCUT2D eigenvalue weighted by atomic mass is 10.1. The van der Waals surface area contributed by atoms with Crippen LogP contribution in [0.5, 0.6) is 5.75 Å². The summed E-state index contributed by atoms with van der Waals surface area (Å²) in [4.78, 5) is 0. The fourth-order valence-electron chi connectivity index (χ4n) is 1.49. The van der Waals surface area contributed by atoms with E-state index in [4.69, 9.17) is 4.74 Å². The molecule has 0 spiro atoms. The zero-order chi connectivity index (χ0) is 13.8. The van der Waals surface area contributed by atoms with Gasteiger partial charge in [-0.2, -0.15) is 0 Å². The molecule has 0 saturated carbocycles. The van der Waals surface area contributed by atoms with Crippen LogP contribution in [0.15, 0.2) is 24.3 Å². The summed E-state index contributed by atoms with van der Waals surface area (Å²) in [5, 5.41) is 13.6. The molecule has 2 aromatic rings. The summed E-state index contributed by atoms with van der Waals surface area (Å²) in [6, 6.07) is 8.24. The average molecular weight is 277 g/mol. The maximum Gasteiger partial charge on any atom is 0.206 e. The number of nitrogens with one attached hydrogen (secondary N) is 1. The Balaban J connectivity index is 2.11. The van der Waals surface area contributed by atoms with Gasteiger partial charge in [-0.3, -0.25) is 0 Å². The summed E-state index contributed by atoms with van der Waals surface area (Å²) in [6.45, 7) is 6.52. The molecule has 0 fully saturated rings. The highest BCUT2D eigenvalue weighted by Gasteiger charge is 2.11. The molecule has 0 radical (unpaired) electrons. The minimum absolute atomic E-state index is 0.386. The van der Waals surface area contributed by atoms with Gasteiger partial charge in [-0.25, -0.2) is 0 Å². The number of rotatable bonds is 5. The molecule has 1 aromatic heterocycles. The van der Waals surface area contributed by atoms with Crippen molar-refractivity contribution in [3.05, 3.63) is 24.3 Å². The number of methoxy groups -OCH3 is 1. The molecule has 2 rings (SSSR count). The highest BCUT2D eigenvalue weighted by molar-refractivity contribution is 7.18. The van der Waals surface area contributed by atoms with Crippen LogP contribution in [0.4, 0.5) is 5.13 Å². The number of hydrogen-bond acceptors (Lipinski definition) is 5. The molecule has 19 heavy (non-hydrogen) atoms. The van der Waals surface area contributed by atoms with Crippen molar-refractivity contribution in [2.24, 2.45) is 5.92 Å². The molecule has 5 heteroatoms. The van der Waals surface area contributed by atoms with E-state index < -0.39 is 0 Å². The molecule has 0 saturated heterocycles. The van der Waals surface area contributed by atoms with Crippen molar-refractivity contribution < 1.29 is 4.74 Å². The molecular formula is C14H19N3OS. The molecule has 4 nitrogen and oxygen atoms in total. The first kappa shape index (κ1) is 13.8. The molecule has 102 valence electrons. The van der Waals surface area contributed by atoms with Crippen LogP contribution in [0.3, 0.4) is 0 Å². The lowest BCUT2D eigenvalue weighted by molar-refractivity contribution is 0.415. The molecule has 0 aliphatic carbocycles. The molecule has 0 bridgehead atoms. The maximum atomic E-state index is 5.14. The summed E-state index contributed by atoms with van der Waals surface area (Å²) >= 11 is 1.57. The number of aromatic nitrogens is 2. The summed E-state index contributed by atoms with van der Waals surface area (Å²) in [5.74, 6) is 1.41. The average Bonchev–Trinajstić information content (AvgIpc) is 2.87. The third kappa shape index (κ3) is 3.44. The van der Waals surface area contributed by atoms with Crippen molar-refractivity contribution in [1.82, 2.24) is 10.2 Å². The number of anilines is 1. The van der Waals surface area contributed by atoms with Gasteiger partial charge in [0.05, 0.1) is 7.11 Å². The normalized spacial score (nSPS) is 12.5. The number of hydrogen-bond donors (Lipinski definition) is 1. The molecule has 0 aliphatic rings. The van der Waals surface area contributed by atoms with Crippen LogP contribution in [-0.2, 0) is 0 Å². The minimum Gasteiger partial charge on any atom is -0.497 e. The summed E-state index contributed by atoms with van der Waals surface area (Å²) in [7, 11) is 1.66. The van der Waals surface area contributed by atoms with E-state index in [1.54, 1.807) is 18.4 Å². The Morgan fingerprint density at radius 1 is 1.11 bits per heavy atom. The first-order valence-electron chi connectivity index (χ1n) is 6.34. The molecule has 1 atom stereocenters. The lowest BCUT2D eigenvalue weighted by Gasteiger charge is -2.15. The van der Waals surface area contributed by atoms with E-state index >= 15 is 0 Å². The Labute approximate surface area is 117 Å². The van der Waals surface area contributed by atoms with Gasteiger partial charge in [0, 0.05) is 11.6 Å². The van der Waals surface area contributed by atoms with Crippen LogP contribution in [0.2, 0.25) is 0 Å². The van der Waals surface area contributed by atoms with E-state index in [1.807, 2.05) is 24.3 Å². The predicted molar refractivity (Wildman–Crippen MR) is 79.8 cm³/mol. The fourth-order valence-corrected chi connectivity index (χ4v) is 2.34. The van der Waals surface area contributed by atoms with Gasteiger partial charge in [0.2, 0.25) is 5.13 Å². The predicted octanol–water partition coefficient (Wildman–Crippen LogP) is 3.67. The molecule has 1 aromatic carbocycles. The quantitative estimate of drug-likeness (QED) is 0.906. The number of benzene rings is 1. The van der Waals surface area contributed by atoms with Crippen LogP contribution in [-0.4, -0.2) is 23.3 Å². The van der Waals surface area contributed by atoms with Gasteiger partial charge in [-0.1, -0.05) is 25.2 Å². The highest BCUT2D eigenvalue weighted by atomic mass is 32.1. The SMILES string of the molecule is COc1ccc(-c2nnc(NC(C)C(C)C)s2)cc1. The minimum atomic E-state index is 0.386. The van der Waals surface area contributed by atoms with Crippen molar-refractivity contribution in [3.63, 3.8) is 0 Å². The third-order valence-electron chi connectivity index (χ3n) is 3.11. The van der Waals surface area contributed by atoms with Gasteiger partial charge < -0.3 is 10.1 Å². The van der Waals surface area contributed by atoms with Crippen LogP contribution in [0.1, 0.15) is 20.8 Å². The molecule has 1 heterocycles. The van der Waals surface area contributed by atoms with Crippen molar-refractivity contribution in [2.75, 3.05) is 12.4 Å². The van der Waals surface area contributed by atoms with Crippen LogP contribution in [0.25, 0.3) is 10.6 Å². The van der Waals surface area contributed by atoms with Crippen LogP contribution >= 0.6 is 11.3 Å². The van der Waals surface area contributed by atoms with Gasteiger partial charge in [-0.15, -0.1) is 10.2 Å². The molecular weight excluding hydrogens is 258 g/mol. The van der Waals surface area contributed by atoms with Gasteiger partial charge >= 0.3 is 0 Å². The zero-order valence-corrected chi connectivity index (χ0v) is 12.5. The lowest BCUT2D eigenvalue weighted by Crippen LogP contribution is -2.21. The second-order valence-electron chi connectivity index (χ2n) is 4.82. The molecule has 1 N–H and O–H groups in total. The Hall–Kier alpha value is -1.62. The highest BCUT2D eigenvalue weighted by Crippen LogP contribution is 2.28. The third-order valence-corrected chi connectivity index (χ3v) is 4.02. The van der Waals surface area contributed by atoms with Gasteiger partial charge in [-0.05, 0) is 37.1 Å². The smallest absolute Gasteiger partial charge is 0.206 e. The van der Waals surface area contributed by atoms with E-state index in [1.165, 1.54) is 0 Å². The van der Waals surface area contributed by atoms with E-state index in [0.29, 0.717) is 12.0 Å². The molecule has 0 aliphatic heterocycles. The van der Waals surface area contributed by atoms with E-state index in [2.05, 4.69) is 36.3 Å². The van der Waals surface area contributed by atoms with Crippen molar-refractivity contribution in [3.8, 4) is 16.3 Å². The van der Waals surface area contributed by atoms with Crippen LogP contribution in [0, 0.1) is 5.92 Å². The summed E-state index contributed by atoms with van der Waals surface area (Å²) < 4.78 is 5.14. The van der Waals surface area contributed by atoms with Crippen LogP contribution < -0.4 is 10.1 Å². The Morgan fingerprint density at radius 2 is 1.79 bits per heavy atom. The first-order valence-corrected chi connectivity index (χ1v) is 7.16. The van der Waals surface area contributed by atoms with Gasteiger partial charge in [0.15, 0.2) is 0 Å². The Kier molecular flexibility index (Phi) is 4.37. The second-order valence-corrected chi connectivity index (χ2v) is 5.80. The Bertz CT molecular complexity index is 522. The standard InChI is InChI=1S/C14H19N3OS/c1-9(2)10(3)15-14-17-16-13(19-14)11-5-7-12(18-4)8-6-11/h5-10H,1-4H3,(H,15,17).